The molecule has 0 bridgehead atoms. The van der Waals surface area contributed by atoms with E-state index in [1.807, 2.05) is 23.7 Å². The van der Waals surface area contributed by atoms with Crippen LogP contribution in [0.15, 0.2) is 45.0 Å². The van der Waals surface area contributed by atoms with Gasteiger partial charge < -0.3 is 8.98 Å². The Hall–Kier alpha value is -2.08. The lowest BCUT2D eigenvalue weighted by atomic mass is 10.1. The molecule has 2 heterocycles. The minimum absolute atomic E-state index is 0.315. The standard InChI is InChI=1S/C15H15N3O2S/c1-3-10-4-5-12-11(7-14(19)20-13(12)6-10)8-21-15-17-16-9-18(15)2/h4-7,9H,3,8H2,1-2H3. The van der Waals surface area contributed by atoms with Crippen LogP contribution in [0.5, 0.6) is 0 Å². The highest BCUT2D eigenvalue weighted by atomic mass is 32.2. The maximum Gasteiger partial charge on any atom is 0.336 e. The van der Waals surface area contributed by atoms with Crippen molar-refractivity contribution in [2.45, 2.75) is 24.3 Å². The topological polar surface area (TPSA) is 60.9 Å². The Morgan fingerprint density at radius 1 is 1.33 bits per heavy atom. The predicted molar refractivity (Wildman–Crippen MR) is 82.4 cm³/mol. The van der Waals surface area contributed by atoms with Gasteiger partial charge in [-0.1, -0.05) is 30.8 Å². The minimum atomic E-state index is -0.315. The van der Waals surface area contributed by atoms with E-state index in [1.165, 1.54) is 0 Å². The van der Waals surface area contributed by atoms with Crippen LogP contribution in [0, 0.1) is 0 Å². The molecule has 0 radical (unpaired) electrons. The average molecular weight is 301 g/mol. The summed E-state index contributed by atoms with van der Waals surface area (Å²) >= 11 is 1.55. The van der Waals surface area contributed by atoms with Gasteiger partial charge in [0.15, 0.2) is 5.16 Å². The van der Waals surface area contributed by atoms with Gasteiger partial charge in [0, 0.05) is 24.3 Å². The van der Waals surface area contributed by atoms with Crippen molar-refractivity contribution in [1.29, 1.82) is 0 Å². The number of hydrogen-bond acceptors (Lipinski definition) is 5. The van der Waals surface area contributed by atoms with Crippen LogP contribution in [0.4, 0.5) is 0 Å². The van der Waals surface area contributed by atoms with E-state index in [4.69, 9.17) is 4.42 Å². The van der Waals surface area contributed by atoms with Crippen LogP contribution in [0.1, 0.15) is 18.1 Å². The third kappa shape index (κ3) is 2.85. The van der Waals surface area contributed by atoms with Crippen molar-refractivity contribution in [2.24, 2.45) is 7.05 Å². The van der Waals surface area contributed by atoms with Gasteiger partial charge in [-0.3, -0.25) is 0 Å². The molecule has 0 unspecified atom stereocenters. The van der Waals surface area contributed by atoms with Crippen LogP contribution in [-0.4, -0.2) is 14.8 Å². The Kier molecular flexibility index (Phi) is 3.79. The van der Waals surface area contributed by atoms with Gasteiger partial charge in [-0.05, 0) is 23.6 Å². The third-order valence-corrected chi connectivity index (χ3v) is 4.41. The van der Waals surface area contributed by atoms with Crippen molar-refractivity contribution in [1.82, 2.24) is 14.8 Å². The molecule has 3 rings (SSSR count). The lowest BCUT2D eigenvalue weighted by molar-refractivity contribution is 0.559. The van der Waals surface area contributed by atoms with E-state index in [0.29, 0.717) is 11.3 Å². The van der Waals surface area contributed by atoms with E-state index in [1.54, 1.807) is 24.2 Å². The van der Waals surface area contributed by atoms with Crippen LogP contribution in [0.25, 0.3) is 11.0 Å². The van der Waals surface area contributed by atoms with E-state index in [2.05, 4.69) is 23.2 Å². The molecule has 0 aliphatic carbocycles. The smallest absolute Gasteiger partial charge is 0.336 e. The first-order valence-electron chi connectivity index (χ1n) is 6.70. The van der Waals surface area contributed by atoms with Gasteiger partial charge in [-0.15, -0.1) is 10.2 Å². The predicted octanol–water partition coefficient (Wildman–Crippen LogP) is 2.78. The number of thioether (sulfide) groups is 1. The summed E-state index contributed by atoms with van der Waals surface area (Å²) in [5.74, 6) is 0.653. The Labute approximate surface area is 126 Å². The summed E-state index contributed by atoms with van der Waals surface area (Å²) in [4.78, 5) is 11.7. The van der Waals surface area contributed by atoms with Gasteiger partial charge >= 0.3 is 5.63 Å². The van der Waals surface area contributed by atoms with Gasteiger partial charge in [0.25, 0.3) is 0 Å². The molecule has 0 saturated heterocycles. The second-order valence-electron chi connectivity index (χ2n) is 4.79. The van der Waals surface area contributed by atoms with Crippen molar-refractivity contribution in [3.8, 4) is 0 Å². The highest BCUT2D eigenvalue weighted by Crippen LogP contribution is 2.25. The fraction of sp³-hybridized carbons (Fsp3) is 0.267. The van der Waals surface area contributed by atoms with Crippen LogP contribution in [-0.2, 0) is 19.2 Å². The van der Waals surface area contributed by atoms with E-state index in [9.17, 15) is 4.79 Å². The summed E-state index contributed by atoms with van der Waals surface area (Å²) in [6.45, 7) is 2.08. The van der Waals surface area contributed by atoms with Crippen molar-refractivity contribution in [3.05, 3.63) is 52.1 Å². The SMILES string of the molecule is CCc1ccc2c(CSc3nncn3C)cc(=O)oc2c1. The number of nitrogens with zero attached hydrogens (tertiary/aromatic N) is 3. The molecule has 0 aliphatic rings. The molecule has 6 heteroatoms. The molecule has 1 aromatic carbocycles. The number of aromatic nitrogens is 3. The fourth-order valence-electron chi connectivity index (χ4n) is 2.16. The number of hydrogen-bond donors (Lipinski definition) is 0. The maximum atomic E-state index is 11.7. The third-order valence-electron chi connectivity index (χ3n) is 3.33. The zero-order valence-corrected chi connectivity index (χ0v) is 12.7. The van der Waals surface area contributed by atoms with Crippen molar-refractivity contribution in [3.63, 3.8) is 0 Å². The Balaban J connectivity index is 1.97. The number of rotatable bonds is 4. The molecule has 2 aromatic heterocycles. The molecule has 0 N–H and O–H groups in total. The Bertz CT molecular complexity index is 838. The van der Waals surface area contributed by atoms with E-state index < -0.39 is 0 Å². The normalized spacial score (nSPS) is 11.1. The van der Waals surface area contributed by atoms with Gasteiger partial charge in [0.05, 0.1) is 0 Å². The summed E-state index contributed by atoms with van der Waals surface area (Å²) in [5.41, 5.74) is 2.44. The molecule has 0 spiro atoms. The van der Waals surface area contributed by atoms with Gasteiger partial charge in [0.2, 0.25) is 0 Å². The summed E-state index contributed by atoms with van der Waals surface area (Å²) in [6.07, 6.45) is 2.57. The van der Waals surface area contributed by atoms with Gasteiger partial charge in [-0.25, -0.2) is 4.79 Å². The fourth-order valence-corrected chi connectivity index (χ4v) is 3.04. The second-order valence-corrected chi connectivity index (χ2v) is 5.73. The van der Waals surface area contributed by atoms with Gasteiger partial charge in [0.1, 0.15) is 11.9 Å². The zero-order valence-electron chi connectivity index (χ0n) is 11.9. The number of benzene rings is 1. The highest BCUT2D eigenvalue weighted by molar-refractivity contribution is 7.98. The van der Waals surface area contributed by atoms with Crippen molar-refractivity contribution >= 4 is 22.7 Å². The molecule has 0 atom stereocenters. The molecule has 108 valence electrons. The Morgan fingerprint density at radius 3 is 2.90 bits per heavy atom. The molecule has 21 heavy (non-hydrogen) atoms. The Morgan fingerprint density at radius 2 is 2.19 bits per heavy atom. The zero-order chi connectivity index (χ0) is 14.8. The summed E-state index contributed by atoms with van der Waals surface area (Å²) in [5, 5.41) is 9.68. The van der Waals surface area contributed by atoms with Crippen LogP contribution >= 0.6 is 11.8 Å². The van der Waals surface area contributed by atoms with Crippen LogP contribution in [0.2, 0.25) is 0 Å². The molecule has 3 aromatic rings. The monoisotopic (exact) mass is 301 g/mol. The number of fused-ring (bicyclic) bond motifs is 1. The summed E-state index contributed by atoms with van der Waals surface area (Å²) in [7, 11) is 1.90. The molecule has 5 nitrogen and oxygen atoms in total. The molecular formula is C15H15N3O2S. The van der Waals surface area contributed by atoms with Crippen molar-refractivity contribution < 1.29 is 4.42 Å². The molecule has 0 aliphatic heterocycles. The summed E-state index contributed by atoms with van der Waals surface area (Å²) in [6, 6.07) is 7.58. The summed E-state index contributed by atoms with van der Waals surface area (Å²) < 4.78 is 7.16. The van der Waals surface area contributed by atoms with Crippen LogP contribution in [0.3, 0.4) is 0 Å². The average Bonchev–Trinajstić information content (AvgIpc) is 2.89. The van der Waals surface area contributed by atoms with Crippen LogP contribution < -0.4 is 5.63 Å². The molecule has 0 fully saturated rings. The van der Waals surface area contributed by atoms with Gasteiger partial charge in [-0.2, -0.15) is 0 Å². The minimum Gasteiger partial charge on any atom is -0.423 e. The largest absolute Gasteiger partial charge is 0.423 e. The second kappa shape index (κ2) is 5.73. The maximum absolute atomic E-state index is 11.7. The van der Waals surface area contributed by atoms with E-state index in [-0.39, 0.29) is 5.63 Å². The number of aryl methyl sites for hydroxylation is 2. The lowest BCUT2D eigenvalue weighted by Crippen LogP contribution is -2.00. The first kappa shape index (κ1) is 13.9. The molecule has 0 saturated carbocycles. The van der Waals surface area contributed by atoms with Crippen molar-refractivity contribution in [2.75, 3.05) is 0 Å². The molecule has 0 amide bonds. The molecular weight excluding hydrogens is 286 g/mol. The quantitative estimate of drug-likeness (QED) is 0.548. The highest BCUT2D eigenvalue weighted by Gasteiger charge is 2.09. The first-order chi connectivity index (χ1) is 10.2. The first-order valence-corrected chi connectivity index (χ1v) is 7.68. The van der Waals surface area contributed by atoms with E-state index >= 15 is 0 Å². The van der Waals surface area contributed by atoms with E-state index in [0.717, 1.165) is 28.1 Å². The lowest BCUT2D eigenvalue weighted by Gasteiger charge is -2.06.